The molecule has 0 radical (unpaired) electrons. The highest BCUT2D eigenvalue weighted by Gasteiger charge is 2.13. The first-order chi connectivity index (χ1) is 9.12. The van der Waals surface area contributed by atoms with E-state index in [4.69, 9.17) is 0 Å². The number of nitrogens with one attached hydrogen (secondary N) is 1. The zero-order chi connectivity index (χ0) is 14.3. The lowest BCUT2D eigenvalue weighted by molar-refractivity contribution is 0.233. The first-order valence-electron chi connectivity index (χ1n) is 6.95. The molecule has 0 fully saturated rings. The van der Waals surface area contributed by atoms with E-state index in [0.29, 0.717) is 0 Å². The number of likely N-dealkylation sites (N-methyl/N-ethyl adjacent to an activating group) is 1. The van der Waals surface area contributed by atoms with Crippen LogP contribution in [-0.2, 0) is 0 Å². The molecule has 0 aliphatic carbocycles. The van der Waals surface area contributed by atoms with Crippen LogP contribution in [0.5, 0.6) is 0 Å². The zero-order valence-electron chi connectivity index (χ0n) is 12.1. The number of aliphatic hydroxyl groups is 1. The largest absolute Gasteiger partial charge is 0.394 e. The van der Waals surface area contributed by atoms with E-state index in [9.17, 15) is 9.50 Å². The molecule has 0 saturated carbocycles. The van der Waals surface area contributed by atoms with Crippen molar-refractivity contribution in [3.63, 3.8) is 0 Å². The molecule has 1 atom stereocenters. The van der Waals surface area contributed by atoms with Gasteiger partial charge in [0.15, 0.2) is 0 Å². The van der Waals surface area contributed by atoms with Crippen molar-refractivity contribution in [3.8, 4) is 0 Å². The molecule has 4 heteroatoms. The molecule has 1 aromatic rings. The summed E-state index contributed by atoms with van der Waals surface area (Å²) in [7, 11) is 0. The van der Waals surface area contributed by atoms with Gasteiger partial charge >= 0.3 is 0 Å². The fourth-order valence-electron chi connectivity index (χ4n) is 2.20. The molecule has 2 N–H and O–H groups in total. The molecule has 0 saturated heterocycles. The average molecular weight is 268 g/mol. The van der Waals surface area contributed by atoms with Gasteiger partial charge in [-0.1, -0.05) is 19.9 Å². The highest BCUT2D eigenvalue weighted by Crippen LogP contribution is 2.18. The molecule has 19 heavy (non-hydrogen) atoms. The van der Waals surface area contributed by atoms with Gasteiger partial charge in [0.25, 0.3) is 0 Å². The Balaban J connectivity index is 2.60. The van der Waals surface area contributed by atoms with Crippen LogP contribution in [-0.4, -0.2) is 42.8 Å². The van der Waals surface area contributed by atoms with Gasteiger partial charge in [0.1, 0.15) is 5.82 Å². The van der Waals surface area contributed by atoms with Gasteiger partial charge in [0.2, 0.25) is 0 Å². The number of hydrogen-bond donors (Lipinski definition) is 2. The van der Waals surface area contributed by atoms with Crippen LogP contribution >= 0.6 is 0 Å². The fraction of sp³-hybridized carbons (Fsp3) is 0.600. The molecule has 3 nitrogen and oxygen atoms in total. The Bertz CT molecular complexity index is 380. The van der Waals surface area contributed by atoms with Gasteiger partial charge in [-0.3, -0.25) is 0 Å². The number of aliphatic hydroxyl groups excluding tert-OH is 1. The molecular weight excluding hydrogens is 243 g/mol. The summed E-state index contributed by atoms with van der Waals surface area (Å²) in [5, 5.41) is 12.8. The van der Waals surface area contributed by atoms with Gasteiger partial charge < -0.3 is 15.3 Å². The normalized spacial score (nSPS) is 12.9. The molecular formula is C15H25FN2O. The maximum absolute atomic E-state index is 13.3. The summed E-state index contributed by atoms with van der Waals surface area (Å²) in [5.41, 5.74) is 1.83. The average Bonchev–Trinajstić information content (AvgIpc) is 2.42. The summed E-state index contributed by atoms with van der Waals surface area (Å²) in [6, 6.07) is 4.50. The van der Waals surface area contributed by atoms with Crippen LogP contribution in [0, 0.1) is 12.7 Å². The zero-order valence-corrected chi connectivity index (χ0v) is 12.1. The van der Waals surface area contributed by atoms with E-state index >= 15 is 0 Å². The van der Waals surface area contributed by atoms with E-state index in [1.165, 1.54) is 12.1 Å². The standard InChI is InChI=1S/C15H25FN2O/c1-4-18(5-2)9-8-17-15(11-19)14-10-13(16)7-6-12(14)3/h6-7,10,15,17,19H,4-5,8-9,11H2,1-3H3. The quantitative estimate of drug-likeness (QED) is 0.758. The minimum Gasteiger partial charge on any atom is -0.394 e. The highest BCUT2D eigenvalue weighted by molar-refractivity contribution is 5.29. The number of rotatable bonds is 8. The monoisotopic (exact) mass is 268 g/mol. The van der Waals surface area contributed by atoms with Crippen molar-refractivity contribution in [2.24, 2.45) is 0 Å². The maximum atomic E-state index is 13.3. The molecule has 0 bridgehead atoms. The minimum absolute atomic E-state index is 0.0253. The van der Waals surface area contributed by atoms with E-state index in [1.54, 1.807) is 6.07 Å². The van der Waals surface area contributed by atoms with Crippen LogP contribution in [0.2, 0.25) is 0 Å². The molecule has 0 aromatic heterocycles. The summed E-state index contributed by atoms with van der Waals surface area (Å²) in [6.07, 6.45) is 0. The van der Waals surface area contributed by atoms with Crippen LogP contribution in [0.3, 0.4) is 0 Å². The Morgan fingerprint density at radius 2 is 2.00 bits per heavy atom. The third-order valence-corrected chi connectivity index (χ3v) is 3.51. The van der Waals surface area contributed by atoms with Gasteiger partial charge in [-0.2, -0.15) is 0 Å². The van der Waals surface area contributed by atoms with Gasteiger partial charge in [-0.05, 0) is 43.3 Å². The fourth-order valence-corrected chi connectivity index (χ4v) is 2.20. The molecule has 0 amide bonds. The lowest BCUT2D eigenvalue weighted by atomic mass is 10.0. The predicted octanol–water partition coefficient (Wildman–Crippen LogP) is 2.10. The van der Waals surface area contributed by atoms with Crippen LogP contribution in [0.25, 0.3) is 0 Å². The number of aryl methyl sites for hydroxylation is 1. The van der Waals surface area contributed by atoms with E-state index in [2.05, 4.69) is 24.1 Å². The third kappa shape index (κ3) is 4.90. The van der Waals surface area contributed by atoms with Crippen molar-refractivity contribution in [3.05, 3.63) is 35.1 Å². The highest BCUT2D eigenvalue weighted by atomic mass is 19.1. The molecule has 0 heterocycles. The van der Waals surface area contributed by atoms with E-state index < -0.39 is 0 Å². The number of benzene rings is 1. The molecule has 0 aliphatic heterocycles. The molecule has 0 spiro atoms. The van der Waals surface area contributed by atoms with Crippen molar-refractivity contribution >= 4 is 0 Å². The lowest BCUT2D eigenvalue weighted by Gasteiger charge is -2.22. The number of halogens is 1. The summed E-state index contributed by atoms with van der Waals surface area (Å²) < 4.78 is 13.3. The van der Waals surface area contributed by atoms with Crippen molar-refractivity contribution in [1.82, 2.24) is 10.2 Å². The summed E-state index contributed by atoms with van der Waals surface area (Å²) in [5.74, 6) is -0.260. The summed E-state index contributed by atoms with van der Waals surface area (Å²) >= 11 is 0. The van der Waals surface area contributed by atoms with Gasteiger partial charge in [-0.25, -0.2) is 4.39 Å². The topological polar surface area (TPSA) is 35.5 Å². The maximum Gasteiger partial charge on any atom is 0.123 e. The second kappa shape index (κ2) is 8.25. The Labute approximate surface area is 115 Å². The minimum atomic E-state index is -0.260. The Morgan fingerprint density at radius 3 is 2.58 bits per heavy atom. The Kier molecular flexibility index (Phi) is 6.99. The van der Waals surface area contributed by atoms with Crippen molar-refractivity contribution in [2.45, 2.75) is 26.8 Å². The van der Waals surface area contributed by atoms with Crippen LogP contribution in [0.4, 0.5) is 4.39 Å². The van der Waals surface area contributed by atoms with Crippen molar-refractivity contribution < 1.29 is 9.50 Å². The summed E-state index contributed by atoms with van der Waals surface area (Å²) in [4.78, 5) is 2.31. The van der Waals surface area contributed by atoms with Gasteiger partial charge in [0, 0.05) is 13.1 Å². The predicted molar refractivity (Wildman–Crippen MR) is 76.8 cm³/mol. The first kappa shape index (κ1) is 16.1. The SMILES string of the molecule is CCN(CC)CCNC(CO)c1cc(F)ccc1C. The van der Waals surface area contributed by atoms with Crippen LogP contribution in [0.15, 0.2) is 18.2 Å². The van der Waals surface area contributed by atoms with Crippen molar-refractivity contribution in [1.29, 1.82) is 0 Å². The molecule has 1 rings (SSSR count). The Morgan fingerprint density at radius 1 is 1.32 bits per heavy atom. The number of nitrogens with zero attached hydrogens (tertiary/aromatic N) is 1. The Hall–Kier alpha value is -0.970. The van der Waals surface area contributed by atoms with E-state index in [0.717, 1.165) is 37.3 Å². The van der Waals surface area contributed by atoms with Gasteiger partial charge in [-0.15, -0.1) is 0 Å². The lowest BCUT2D eigenvalue weighted by Crippen LogP contribution is -2.35. The van der Waals surface area contributed by atoms with Gasteiger partial charge in [0.05, 0.1) is 12.6 Å². The second-order valence-corrected chi connectivity index (χ2v) is 4.72. The molecule has 1 unspecified atom stereocenters. The molecule has 1 aromatic carbocycles. The van der Waals surface area contributed by atoms with Crippen molar-refractivity contribution in [2.75, 3.05) is 32.8 Å². The van der Waals surface area contributed by atoms with Crippen LogP contribution in [0.1, 0.15) is 31.0 Å². The first-order valence-corrected chi connectivity index (χ1v) is 6.95. The second-order valence-electron chi connectivity index (χ2n) is 4.72. The van der Waals surface area contributed by atoms with E-state index in [-0.39, 0.29) is 18.5 Å². The summed E-state index contributed by atoms with van der Waals surface area (Å²) in [6.45, 7) is 9.90. The number of hydrogen-bond acceptors (Lipinski definition) is 3. The third-order valence-electron chi connectivity index (χ3n) is 3.51. The van der Waals surface area contributed by atoms with E-state index in [1.807, 2.05) is 6.92 Å². The smallest absolute Gasteiger partial charge is 0.123 e. The molecule has 0 aliphatic rings. The molecule has 108 valence electrons. The van der Waals surface area contributed by atoms with Crippen LogP contribution < -0.4 is 5.32 Å².